The van der Waals surface area contributed by atoms with Crippen molar-refractivity contribution in [3.05, 3.63) is 162 Å². The van der Waals surface area contributed by atoms with Gasteiger partial charge in [0.1, 0.15) is 16.7 Å². The molecule has 13 rings (SSSR count). The van der Waals surface area contributed by atoms with Gasteiger partial charge in [0.05, 0.1) is 16.4 Å². The molecule has 4 heterocycles. The largest absolute Gasteiger partial charge is 0.454 e. The molecule has 0 aliphatic carbocycles. The summed E-state index contributed by atoms with van der Waals surface area (Å²) in [5, 5.41) is 14.6. The van der Waals surface area contributed by atoms with Gasteiger partial charge >= 0.3 is 0 Å². The molecule has 0 unspecified atom stereocenters. The average molecular weight is 744 g/mol. The fourth-order valence-electron chi connectivity index (χ4n) is 9.94. The van der Waals surface area contributed by atoms with Crippen LogP contribution >= 0.6 is 0 Å². The number of hydrogen-bond donors (Lipinski definition) is 0. The van der Waals surface area contributed by atoms with Gasteiger partial charge in [0.2, 0.25) is 0 Å². The maximum absolute atomic E-state index is 7.20. The van der Waals surface area contributed by atoms with E-state index in [0.29, 0.717) is 17.2 Å². The van der Waals surface area contributed by atoms with Crippen LogP contribution in [0.3, 0.4) is 0 Å². The van der Waals surface area contributed by atoms with Gasteiger partial charge in [-0.25, -0.2) is 9.97 Å². The SMILES string of the molecule is Cc1cc(C)cc(-c2nc(-n3c4c5ccccc5c(C)cc4c4c5ccccc5c5c6cc7ccccc7cc6oc5c43)c3oc4ccc5ccccc5c4c3n2)c1. The number of hydrogen-bond acceptors (Lipinski definition) is 4. The van der Waals surface area contributed by atoms with Crippen molar-refractivity contribution in [3.63, 3.8) is 0 Å². The Morgan fingerprint density at radius 1 is 0.431 bits per heavy atom. The normalized spacial score (nSPS) is 12.4. The third-order valence-corrected chi connectivity index (χ3v) is 12.3. The molecule has 0 aliphatic heterocycles. The lowest BCUT2D eigenvalue weighted by molar-refractivity contribution is 0.661. The highest BCUT2D eigenvalue weighted by atomic mass is 16.3. The maximum atomic E-state index is 7.20. The van der Waals surface area contributed by atoms with Gasteiger partial charge in [0.25, 0.3) is 0 Å². The minimum atomic E-state index is 0.631. The molecule has 5 heteroatoms. The van der Waals surface area contributed by atoms with Crippen LogP contribution in [0, 0.1) is 20.8 Å². The first-order valence-corrected chi connectivity index (χ1v) is 19.8. The van der Waals surface area contributed by atoms with Crippen molar-refractivity contribution >= 4 is 109 Å². The third-order valence-electron chi connectivity index (χ3n) is 12.3. The van der Waals surface area contributed by atoms with E-state index in [4.69, 9.17) is 18.8 Å². The second-order valence-electron chi connectivity index (χ2n) is 15.9. The van der Waals surface area contributed by atoms with Gasteiger partial charge in [-0.15, -0.1) is 0 Å². The van der Waals surface area contributed by atoms with E-state index in [1.54, 1.807) is 0 Å². The predicted octanol–water partition coefficient (Wildman–Crippen LogP) is 14.6. The van der Waals surface area contributed by atoms with Gasteiger partial charge in [0, 0.05) is 32.5 Å². The van der Waals surface area contributed by atoms with Gasteiger partial charge in [0.15, 0.2) is 22.8 Å². The standard InChI is InChI=1S/C53H33N3O2/c1-28-22-29(2)24-34(23-28)52-54-47-46-36-16-7-6-12-31(36)20-21-42(46)57-51(47)53(55-52)56-48-39-19-11-8-15-35(39)30(3)25-41(48)44-37-17-9-10-18-38(37)45-40-26-32-13-4-5-14-33(32)27-43(40)58-50(45)49(44)56/h4-27H,1-3H3. The molecule has 0 bridgehead atoms. The van der Waals surface area contributed by atoms with Crippen molar-refractivity contribution in [1.82, 2.24) is 14.5 Å². The summed E-state index contributed by atoms with van der Waals surface area (Å²) in [5.74, 6) is 1.32. The molecular formula is C53H33N3O2. The summed E-state index contributed by atoms with van der Waals surface area (Å²) in [5.41, 5.74) is 10.3. The van der Waals surface area contributed by atoms with Crippen LogP contribution in [0.15, 0.2) is 154 Å². The van der Waals surface area contributed by atoms with Gasteiger partial charge < -0.3 is 8.83 Å². The van der Waals surface area contributed by atoms with E-state index in [-0.39, 0.29) is 0 Å². The quantitative estimate of drug-likeness (QED) is 0.177. The Bertz CT molecular complexity index is 3940. The number of fused-ring (bicyclic) bond motifs is 18. The summed E-state index contributed by atoms with van der Waals surface area (Å²) in [4.78, 5) is 11.0. The van der Waals surface area contributed by atoms with Gasteiger partial charge in [-0.3, -0.25) is 4.57 Å². The summed E-state index contributed by atoms with van der Waals surface area (Å²) in [6.07, 6.45) is 0. The monoisotopic (exact) mass is 743 g/mol. The Labute approximate surface area is 331 Å². The lowest BCUT2D eigenvalue weighted by Crippen LogP contribution is -2.03. The second kappa shape index (κ2) is 11.3. The fraction of sp³-hybridized carbons (Fsp3) is 0.0566. The number of nitrogens with zero attached hydrogens (tertiary/aromatic N) is 3. The summed E-state index contributed by atoms with van der Waals surface area (Å²) >= 11 is 0. The summed E-state index contributed by atoms with van der Waals surface area (Å²) in [6, 6.07) is 52.0. The molecule has 0 radical (unpaired) electrons. The molecule has 272 valence electrons. The van der Waals surface area contributed by atoms with E-state index in [2.05, 4.69) is 171 Å². The molecule has 9 aromatic carbocycles. The average Bonchev–Trinajstić information content (AvgIpc) is 3.92. The Morgan fingerprint density at radius 2 is 1.07 bits per heavy atom. The lowest BCUT2D eigenvalue weighted by Gasteiger charge is -2.13. The molecule has 0 amide bonds. The highest BCUT2D eigenvalue weighted by Gasteiger charge is 2.29. The Morgan fingerprint density at radius 3 is 1.84 bits per heavy atom. The highest BCUT2D eigenvalue weighted by molar-refractivity contribution is 6.37. The van der Waals surface area contributed by atoms with Crippen LogP contribution in [0.25, 0.3) is 126 Å². The van der Waals surface area contributed by atoms with E-state index in [1.807, 2.05) is 0 Å². The highest BCUT2D eigenvalue weighted by Crippen LogP contribution is 2.49. The first-order valence-electron chi connectivity index (χ1n) is 19.8. The number of benzene rings is 9. The molecule has 0 N–H and O–H groups in total. The van der Waals surface area contributed by atoms with Crippen LogP contribution in [0.1, 0.15) is 16.7 Å². The zero-order valence-corrected chi connectivity index (χ0v) is 32.0. The van der Waals surface area contributed by atoms with Gasteiger partial charge in [-0.05, 0) is 100 Å². The van der Waals surface area contributed by atoms with Crippen LogP contribution in [-0.4, -0.2) is 14.5 Å². The van der Waals surface area contributed by atoms with Crippen LogP contribution in [0.5, 0.6) is 0 Å². The van der Waals surface area contributed by atoms with E-state index in [0.717, 1.165) is 109 Å². The molecule has 0 saturated heterocycles. The molecule has 0 fully saturated rings. The molecule has 0 atom stereocenters. The first kappa shape index (κ1) is 31.7. The zero-order valence-electron chi connectivity index (χ0n) is 32.0. The maximum Gasteiger partial charge on any atom is 0.197 e. The molecule has 0 saturated carbocycles. The summed E-state index contributed by atoms with van der Waals surface area (Å²) in [6.45, 7) is 6.47. The van der Waals surface area contributed by atoms with E-state index in [9.17, 15) is 0 Å². The predicted molar refractivity (Wildman–Crippen MR) is 241 cm³/mol. The van der Waals surface area contributed by atoms with Crippen molar-refractivity contribution in [2.45, 2.75) is 20.8 Å². The van der Waals surface area contributed by atoms with Gasteiger partial charge in [-0.1, -0.05) is 120 Å². The van der Waals surface area contributed by atoms with Crippen molar-refractivity contribution in [1.29, 1.82) is 0 Å². The molecule has 0 spiro atoms. The second-order valence-corrected chi connectivity index (χ2v) is 15.9. The van der Waals surface area contributed by atoms with E-state index >= 15 is 0 Å². The number of aromatic nitrogens is 3. The third kappa shape index (κ3) is 4.20. The Hall–Kier alpha value is -7.50. The summed E-state index contributed by atoms with van der Waals surface area (Å²) in [7, 11) is 0. The van der Waals surface area contributed by atoms with E-state index in [1.165, 1.54) is 16.3 Å². The number of furan rings is 2. The molecule has 13 aromatic rings. The molecular weight excluding hydrogens is 711 g/mol. The van der Waals surface area contributed by atoms with Crippen LogP contribution in [0.4, 0.5) is 0 Å². The minimum absolute atomic E-state index is 0.631. The Kier molecular flexibility index (Phi) is 6.17. The fourth-order valence-corrected chi connectivity index (χ4v) is 9.94. The minimum Gasteiger partial charge on any atom is -0.454 e. The van der Waals surface area contributed by atoms with Crippen molar-refractivity contribution < 1.29 is 8.83 Å². The summed E-state index contributed by atoms with van der Waals surface area (Å²) < 4.78 is 16.6. The number of aryl methyl sites for hydroxylation is 3. The van der Waals surface area contributed by atoms with Crippen LogP contribution in [0.2, 0.25) is 0 Å². The number of rotatable bonds is 2. The zero-order chi connectivity index (χ0) is 38.4. The van der Waals surface area contributed by atoms with Gasteiger partial charge in [-0.2, -0.15) is 0 Å². The topological polar surface area (TPSA) is 57.0 Å². The van der Waals surface area contributed by atoms with Crippen LogP contribution < -0.4 is 0 Å². The van der Waals surface area contributed by atoms with Crippen LogP contribution in [-0.2, 0) is 0 Å². The molecule has 58 heavy (non-hydrogen) atoms. The lowest BCUT2D eigenvalue weighted by atomic mass is 9.96. The molecule has 4 aromatic heterocycles. The first-order chi connectivity index (χ1) is 28.5. The van der Waals surface area contributed by atoms with Crippen molar-refractivity contribution in [2.24, 2.45) is 0 Å². The molecule has 0 aliphatic rings. The Balaban J connectivity index is 1.33. The molecule has 5 nitrogen and oxygen atoms in total. The smallest absolute Gasteiger partial charge is 0.197 e. The van der Waals surface area contributed by atoms with Crippen molar-refractivity contribution in [2.75, 3.05) is 0 Å². The van der Waals surface area contributed by atoms with Crippen molar-refractivity contribution in [3.8, 4) is 17.2 Å². The van der Waals surface area contributed by atoms with E-state index < -0.39 is 0 Å².